The highest BCUT2D eigenvalue weighted by Crippen LogP contribution is 2.19. The molecule has 0 radical (unpaired) electrons. The van der Waals surface area contributed by atoms with Gasteiger partial charge < -0.3 is 24.6 Å². The first-order chi connectivity index (χ1) is 12.4. The van der Waals surface area contributed by atoms with E-state index in [9.17, 15) is 4.79 Å². The van der Waals surface area contributed by atoms with E-state index in [0.29, 0.717) is 26.2 Å². The number of rotatable bonds is 3. The van der Waals surface area contributed by atoms with Gasteiger partial charge in [0.25, 0.3) is 0 Å². The summed E-state index contributed by atoms with van der Waals surface area (Å²) in [5.74, 6) is 1.75. The summed E-state index contributed by atoms with van der Waals surface area (Å²) in [5.41, 5.74) is 0.673. The third-order valence-corrected chi connectivity index (χ3v) is 4.44. The molecule has 2 aliphatic rings. The molecular weight excluding hydrogens is 459 g/mol. The number of fused-ring (bicyclic) bond motifs is 1. The molecule has 8 heteroatoms. The molecule has 1 aromatic rings. The second-order valence-electron chi connectivity index (χ2n) is 7.64. The van der Waals surface area contributed by atoms with Gasteiger partial charge >= 0.3 is 6.09 Å². The maximum Gasteiger partial charge on any atom is 0.410 e. The number of halogens is 1. The van der Waals surface area contributed by atoms with Gasteiger partial charge in [-0.05, 0) is 38.5 Å². The van der Waals surface area contributed by atoms with Crippen LogP contribution in [0.3, 0.4) is 0 Å². The Hall–Kier alpha value is -1.71. The molecule has 1 aromatic carbocycles. The summed E-state index contributed by atoms with van der Waals surface area (Å²) < 4.78 is 10.7. The van der Waals surface area contributed by atoms with Crippen molar-refractivity contribution in [2.45, 2.75) is 39.0 Å². The van der Waals surface area contributed by atoms with Crippen LogP contribution in [-0.4, -0.2) is 66.8 Å². The molecule has 1 saturated heterocycles. The molecule has 0 saturated carbocycles. The van der Waals surface area contributed by atoms with Gasteiger partial charge in [0, 0.05) is 26.2 Å². The first-order valence-electron chi connectivity index (χ1n) is 9.01. The Bertz CT molecular complexity index is 690. The largest absolute Gasteiger partial charge is 0.497 e. The van der Waals surface area contributed by atoms with Crippen molar-refractivity contribution in [1.29, 1.82) is 0 Å². The van der Waals surface area contributed by atoms with E-state index in [1.807, 2.05) is 39.0 Å². The third kappa shape index (κ3) is 5.63. The fourth-order valence-corrected chi connectivity index (χ4v) is 3.19. The Kier molecular flexibility index (Phi) is 7.19. The minimum atomic E-state index is -0.468. The molecule has 27 heavy (non-hydrogen) atoms. The number of carbonyl (C=O) groups excluding carboxylic acids is 1. The van der Waals surface area contributed by atoms with Crippen LogP contribution < -0.4 is 10.1 Å². The van der Waals surface area contributed by atoms with Crippen LogP contribution in [0.1, 0.15) is 26.3 Å². The van der Waals surface area contributed by atoms with Crippen molar-refractivity contribution in [3.05, 3.63) is 29.8 Å². The van der Waals surface area contributed by atoms with Crippen LogP contribution in [0.5, 0.6) is 5.75 Å². The molecule has 0 aliphatic carbocycles. The number of hydrogen-bond acceptors (Lipinski definition) is 6. The topological polar surface area (TPSA) is 66.4 Å². The van der Waals surface area contributed by atoms with E-state index in [2.05, 4.69) is 21.3 Å². The van der Waals surface area contributed by atoms with Gasteiger partial charge in [-0.25, -0.2) is 4.79 Å². The molecule has 1 fully saturated rings. The fourth-order valence-electron chi connectivity index (χ4n) is 3.19. The second kappa shape index (κ2) is 8.99. The maximum absolute atomic E-state index is 12.3. The molecule has 1 unspecified atom stereocenters. The predicted octanol–water partition coefficient (Wildman–Crippen LogP) is 2.69. The number of piperazine rings is 1. The van der Waals surface area contributed by atoms with Crippen LogP contribution in [0.2, 0.25) is 0 Å². The zero-order valence-corrected chi connectivity index (χ0v) is 18.7. The monoisotopic (exact) mass is 488 g/mol. The van der Waals surface area contributed by atoms with Gasteiger partial charge in [0.15, 0.2) is 5.96 Å². The minimum Gasteiger partial charge on any atom is -0.497 e. The number of amides is 1. The lowest BCUT2D eigenvalue weighted by Crippen LogP contribution is -2.57. The molecule has 7 nitrogen and oxygen atoms in total. The molecule has 2 heterocycles. The number of ether oxygens (including phenoxy) is 2. The highest BCUT2D eigenvalue weighted by molar-refractivity contribution is 14.0. The number of nitrogens with one attached hydrogen (secondary N) is 1. The number of benzene rings is 1. The van der Waals surface area contributed by atoms with Gasteiger partial charge in [-0.15, -0.1) is 24.0 Å². The molecule has 3 rings (SSSR count). The molecule has 0 spiro atoms. The Balaban J connectivity index is 0.00000261. The van der Waals surface area contributed by atoms with E-state index >= 15 is 0 Å². The average Bonchev–Trinajstić information content (AvgIpc) is 3.01. The molecule has 0 aromatic heterocycles. The Labute approximate surface area is 178 Å². The van der Waals surface area contributed by atoms with Gasteiger partial charge in [-0.1, -0.05) is 12.1 Å². The van der Waals surface area contributed by atoms with Crippen LogP contribution >= 0.6 is 24.0 Å². The van der Waals surface area contributed by atoms with Gasteiger partial charge in [0.1, 0.15) is 11.4 Å². The van der Waals surface area contributed by atoms with Gasteiger partial charge in [0.05, 0.1) is 19.7 Å². The third-order valence-electron chi connectivity index (χ3n) is 4.44. The lowest BCUT2D eigenvalue weighted by molar-refractivity contribution is 0.0137. The molecule has 0 bridgehead atoms. The number of carbonyl (C=O) groups is 1. The maximum atomic E-state index is 12.3. The number of guanidine groups is 1. The van der Waals surface area contributed by atoms with E-state index < -0.39 is 5.60 Å². The molecule has 1 amide bonds. The Morgan fingerprint density at radius 3 is 2.81 bits per heavy atom. The molecular formula is C19H29IN4O3. The smallest absolute Gasteiger partial charge is 0.410 e. The highest BCUT2D eigenvalue weighted by atomic mass is 127. The summed E-state index contributed by atoms with van der Waals surface area (Å²) in [4.78, 5) is 20.9. The predicted molar refractivity (Wildman–Crippen MR) is 116 cm³/mol. The van der Waals surface area contributed by atoms with E-state index in [1.165, 1.54) is 0 Å². The molecule has 2 aliphatic heterocycles. The van der Waals surface area contributed by atoms with Gasteiger partial charge in [-0.3, -0.25) is 4.99 Å². The normalized spacial score (nSPS) is 19.0. The van der Waals surface area contributed by atoms with Crippen molar-refractivity contribution in [1.82, 2.24) is 15.1 Å². The number of nitrogens with zero attached hydrogens (tertiary/aromatic N) is 3. The molecule has 150 valence electrons. The summed E-state index contributed by atoms with van der Waals surface area (Å²) in [7, 11) is 1.67. The summed E-state index contributed by atoms with van der Waals surface area (Å²) >= 11 is 0. The summed E-state index contributed by atoms with van der Waals surface area (Å²) in [5, 5.41) is 3.42. The average molecular weight is 488 g/mol. The SMILES string of the molecule is COc1cccc(CNC2=NCC3CN(C(=O)OC(C)(C)C)CCN23)c1.I. The van der Waals surface area contributed by atoms with Gasteiger partial charge in [0.2, 0.25) is 0 Å². The van der Waals surface area contributed by atoms with Crippen molar-refractivity contribution in [2.75, 3.05) is 33.3 Å². The van der Waals surface area contributed by atoms with Crippen molar-refractivity contribution in [3.63, 3.8) is 0 Å². The van der Waals surface area contributed by atoms with Crippen molar-refractivity contribution in [3.8, 4) is 5.75 Å². The fraction of sp³-hybridized carbons (Fsp3) is 0.579. The molecule has 1 atom stereocenters. The second-order valence-corrected chi connectivity index (χ2v) is 7.64. The van der Waals surface area contributed by atoms with Crippen LogP contribution in [0.4, 0.5) is 4.79 Å². The summed E-state index contributed by atoms with van der Waals surface area (Å²) in [6.45, 7) is 9.10. The quantitative estimate of drug-likeness (QED) is 0.663. The standard InChI is InChI=1S/C19H28N4O3.HI/c1-19(2,3)26-18(24)22-8-9-23-15(13-22)12-21-17(23)20-11-14-6-5-7-16(10-14)25-4;/h5-7,10,15H,8-9,11-13H2,1-4H3,(H,20,21);1H. The Morgan fingerprint density at radius 1 is 1.33 bits per heavy atom. The summed E-state index contributed by atoms with van der Waals surface area (Å²) in [6, 6.07) is 8.20. The lowest BCUT2D eigenvalue weighted by atomic mass is 10.2. The first kappa shape index (κ1) is 21.6. The van der Waals surface area contributed by atoms with E-state index in [4.69, 9.17) is 9.47 Å². The van der Waals surface area contributed by atoms with Crippen LogP contribution in [-0.2, 0) is 11.3 Å². The van der Waals surface area contributed by atoms with Crippen molar-refractivity contribution < 1.29 is 14.3 Å². The highest BCUT2D eigenvalue weighted by Gasteiger charge is 2.36. The van der Waals surface area contributed by atoms with Crippen LogP contribution in [0, 0.1) is 0 Å². The van der Waals surface area contributed by atoms with Crippen LogP contribution in [0.25, 0.3) is 0 Å². The number of methoxy groups -OCH3 is 1. The van der Waals surface area contributed by atoms with E-state index in [1.54, 1.807) is 12.0 Å². The zero-order valence-electron chi connectivity index (χ0n) is 16.4. The molecule has 1 N–H and O–H groups in total. The minimum absolute atomic E-state index is 0. The van der Waals surface area contributed by atoms with E-state index in [0.717, 1.165) is 23.8 Å². The first-order valence-corrected chi connectivity index (χ1v) is 9.01. The summed E-state index contributed by atoms with van der Waals surface area (Å²) in [6.07, 6.45) is -0.241. The van der Waals surface area contributed by atoms with Crippen molar-refractivity contribution >= 4 is 36.0 Å². The number of aliphatic imine (C=N–C) groups is 1. The van der Waals surface area contributed by atoms with Gasteiger partial charge in [-0.2, -0.15) is 0 Å². The van der Waals surface area contributed by atoms with Crippen LogP contribution in [0.15, 0.2) is 29.3 Å². The Morgan fingerprint density at radius 2 is 2.11 bits per heavy atom. The number of hydrogen-bond donors (Lipinski definition) is 1. The van der Waals surface area contributed by atoms with E-state index in [-0.39, 0.29) is 36.1 Å². The lowest BCUT2D eigenvalue weighted by Gasteiger charge is -2.39. The van der Waals surface area contributed by atoms with Crippen molar-refractivity contribution in [2.24, 2.45) is 4.99 Å². The zero-order chi connectivity index (χ0) is 18.7.